The Morgan fingerprint density at radius 3 is 2.37 bits per heavy atom. The summed E-state index contributed by atoms with van der Waals surface area (Å²) in [6.45, 7) is 1.26. The van der Waals surface area contributed by atoms with E-state index in [0.29, 0.717) is 6.29 Å². The number of phenols is 1. The van der Waals surface area contributed by atoms with E-state index in [1.54, 1.807) is 24.3 Å². The van der Waals surface area contributed by atoms with Crippen LogP contribution in [0.2, 0.25) is 0 Å². The highest BCUT2D eigenvalue weighted by Crippen LogP contribution is 2.40. The molecule has 0 aliphatic carbocycles. The van der Waals surface area contributed by atoms with Crippen LogP contribution in [0.4, 0.5) is 11.4 Å². The van der Waals surface area contributed by atoms with Crippen molar-refractivity contribution in [3.8, 4) is 5.75 Å². The molecular weight excluding hydrogens is 368 g/mol. The molecule has 3 aromatic carbocycles. The van der Waals surface area contributed by atoms with E-state index in [9.17, 15) is 23.1 Å². The van der Waals surface area contributed by atoms with Gasteiger partial charge < -0.3 is 10.4 Å². The van der Waals surface area contributed by atoms with Gasteiger partial charge in [0.25, 0.3) is 10.0 Å². The van der Waals surface area contributed by atoms with Crippen LogP contribution < -0.4 is 10.0 Å². The number of fused-ring (bicyclic) bond motifs is 1. The van der Waals surface area contributed by atoms with Crippen LogP contribution in [0, 0.1) is 0 Å². The van der Waals surface area contributed by atoms with Gasteiger partial charge in [0, 0.05) is 23.3 Å². The summed E-state index contributed by atoms with van der Waals surface area (Å²) in [4.78, 5) is 22.9. The molecule has 3 N–H and O–H groups in total. The van der Waals surface area contributed by atoms with Gasteiger partial charge in [-0.1, -0.05) is 36.4 Å². The molecule has 8 heteroatoms. The zero-order valence-electron chi connectivity index (χ0n) is 14.3. The maximum Gasteiger partial charge on any atom is 0.261 e. The number of aldehydes is 1. The lowest BCUT2D eigenvalue weighted by Crippen LogP contribution is -2.14. The minimum Gasteiger partial charge on any atom is -0.505 e. The van der Waals surface area contributed by atoms with Gasteiger partial charge >= 0.3 is 0 Å². The molecule has 0 heterocycles. The molecular formula is C19H16N2O5S. The molecule has 0 aliphatic heterocycles. The van der Waals surface area contributed by atoms with E-state index < -0.39 is 15.9 Å². The molecule has 3 aromatic rings. The molecule has 0 atom stereocenters. The second-order valence-corrected chi connectivity index (χ2v) is 7.49. The monoisotopic (exact) mass is 384 g/mol. The third-order valence-electron chi connectivity index (χ3n) is 3.90. The van der Waals surface area contributed by atoms with Gasteiger partial charge in [-0.25, -0.2) is 8.42 Å². The van der Waals surface area contributed by atoms with E-state index in [1.807, 2.05) is 0 Å². The Bertz CT molecular complexity index is 1140. The zero-order chi connectivity index (χ0) is 19.6. The van der Waals surface area contributed by atoms with Crippen molar-refractivity contribution in [1.82, 2.24) is 0 Å². The molecule has 0 saturated carbocycles. The molecule has 0 saturated heterocycles. The molecule has 7 nitrogen and oxygen atoms in total. The van der Waals surface area contributed by atoms with E-state index in [1.165, 1.54) is 37.3 Å². The highest BCUT2D eigenvalue weighted by atomic mass is 32.2. The Labute approximate surface area is 155 Å². The summed E-state index contributed by atoms with van der Waals surface area (Å²) in [5.41, 5.74) is 0.296. The first-order chi connectivity index (χ1) is 12.8. The van der Waals surface area contributed by atoms with Crippen LogP contribution in [0.25, 0.3) is 10.8 Å². The Balaban J connectivity index is 2.25. The number of aromatic hydroxyl groups is 1. The predicted molar refractivity (Wildman–Crippen MR) is 103 cm³/mol. The smallest absolute Gasteiger partial charge is 0.261 e. The number of phenolic OH excluding ortho intramolecular Hbond substituents is 1. The number of benzene rings is 3. The summed E-state index contributed by atoms with van der Waals surface area (Å²) in [6, 6.07) is 13.6. The number of rotatable bonds is 5. The summed E-state index contributed by atoms with van der Waals surface area (Å²) in [6.07, 6.45) is 0.570. The fourth-order valence-electron chi connectivity index (χ4n) is 2.77. The van der Waals surface area contributed by atoms with Crippen LogP contribution in [-0.2, 0) is 14.8 Å². The highest BCUT2D eigenvalue weighted by Gasteiger charge is 2.20. The van der Waals surface area contributed by atoms with Gasteiger partial charge in [-0.3, -0.25) is 14.3 Å². The van der Waals surface area contributed by atoms with Gasteiger partial charge in [0.05, 0.1) is 16.3 Å². The zero-order valence-corrected chi connectivity index (χ0v) is 15.1. The molecule has 138 valence electrons. The summed E-state index contributed by atoms with van der Waals surface area (Å²) in [5, 5.41) is 13.4. The molecule has 27 heavy (non-hydrogen) atoms. The molecule has 0 spiro atoms. The second-order valence-electron chi connectivity index (χ2n) is 5.81. The Morgan fingerprint density at radius 1 is 1.04 bits per heavy atom. The van der Waals surface area contributed by atoms with Crippen LogP contribution in [-0.4, -0.2) is 25.7 Å². The van der Waals surface area contributed by atoms with Gasteiger partial charge in [0.15, 0.2) is 6.29 Å². The van der Waals surface area contributed by atoms with Gasteiger partial charge in [-0.15, -0.1) is 0 Å². The summed E-state index contributed by atoms with van der Waals surface area (Å²) in [7, 11) is -3.95. The largest absolute Gasteiger partial charge is 0.505 e. The highest BCUT2D eigenvalue weighted by molar-refractivity contribution is 7.92. The van der Waals surface area contributed by atoms with Gasteiger partial charge in [-0.2, -0.15) is 0 Å². The summed E-state index contributed by atoms with van der Waals surface area (Å²) < 4.78 is 27.9. The minimum absolute atomic E-state index is 0.0313. The molecule has 0 radical (unpaired) electrons. The van der Waals surface area contributed by atoms with Crippen molar-refractivity contribution < 1.29 is 23.1 Å². The maximum atomic E-state index is 12.7. The first-order valence-electron chi connectivity index (χ1n) is 7.93. The number of anilines is 2. The Hall–Kier alpha value is -3.39. The first-order valence-corrected chi connectivity index (χ1v) is 9.41. The average molecular weight is 384 g/mol. The molecule has 0 fully saturated rings. The summed E-state index contributed by atoms with van der Waals surface area (Å²) >= 11 is 0. The van der Waals surface area contributed by atoms with E-state index in [4.69, 9.17) is 0 Å². The number of hydrogen-bond acceptors (Lipinski definition) is 5. The lowest BCUT2D eigenvalue weighted by molar-refractivity contribution is -0.114. The SMILES string of the molecule is CC(=O)Nc1cc(NS(=O)(=O)c2ccccc2)c2c(C=O)cccc2c1O. The molecule has 1 amide bonds. The molecule has 0 bridgehead atoms. The number of amides is 1. The van der Waals surface area contributed by atoms with E-state index in [-0.39, 0.29) is 38.4 Å². The Morgan fingerprint density at radius 2 is 1.74 bits per heavy atom. The Kier molecular flexibility index (Phi) is 4.83. The second kappa shape index (κ2) is 7.08. The number of carbonyl (C=O) groups is 2. The van der Waals surface area contributed by atoms with Gasteiger partial charge in [0.2, 0.25) is 5.91 Å². The standard InChI is InChI=1S/C19H16N2O5S/c1-12(23)20-17-10-16(21-27(25,26)14-7-3-2-4-8-14)18-13(11-22)6-5-9-15(18)19(17)24/h2-11,21,24H,1H3,(H,20,23). The molecule has 0 unspecified atom stereocenters. The fraction of sp³-hybridized carbons (Fsp3) is 0.0526. The van der Waals surface area contributed by atoms with Gasteiger partial charge in [-0.05, 0) is 18.2 Å². The van der Waals surface area contributed by atoms with Crippen molar-refractivity contribution in [3.05, 3.63) is 60.2 Å². The number of carbonyl (C=O) groups excluding carboxylic acids is 2. The molecule has 0 aromatic heterocycles. The summed E-state index contributed by atoms with van der Waals surface area (Å²) in [5.74, 6) is -0.695. The van der Waals surface area contributed by atoms with Crippen molar-refractivity contribution in [3.63, 3.8) is 0 Å². The number of hydrogen-bond donors (Lipinski definition) is 3. The lowest BCUT2D eigenvalue weighted by Gasteiger charge is -2.16. The minimum atomic E-state index is -3.95. The van der Waals surface area contributed by atoms with Crippen LogP contribution >= 0.6 is 0 Å². The third kappa shape index (κ3) is 3.61. The predicted octanol–water partition coefficient (Wildman–Crippen LogP) is 3.12. The molecule has 3 rings (SSSR count). The van der Waals surface area contributed by atoms with E-state index in [0.717, 1.165) is 0 Å². The van der Waals surface area contributed by atoms with Crippen LogP contribution in [0.15, 0.2) is 59.5 Å². The van der Waals surface area contributed by atoms with Crippen molar-refractivity contribution in [2.75, 3.05) is 10.0 Å². The number of sulfonamides is 1. The normalized spacial score (nSPS) is 11.1. The quantitative estimate of drug-likeness (QED) is 0.355. The van der Waals surface area contributed by atoms with Crippen molar-refractivity contribution in [2.24, 2.45) is 0 Å². The lowest BCUT2D eigenvalue weighted by atomic mass is 10.0. The average Bonchev–Trinajstić information content (AvgIpc) is 2.65. The molecule has 0 aliphatic rings. The van der Waals surface area contributed by atoms with Crippen LogP contribution in [0.1, 0.15) is 17.3 Å². The van der Waals surface area contributed by atoms with Crippen molar-refractivity contribution in [2.45, 2.75) is 11.8 Å². The maximum absolute atomic E-state index is 12.7. The van der Waals surface area contributed by atoms with Crippen molar-refractivity contribution in [1.29, 1.82) is 0 Å². The third-order valence-corrected chi connectivity index (χ3v) is 5.28. The van der Waals surface area contributed by atoms with E-state index >= 15 is 0 Å². The topological polar surface area (TPSA) is 113 Å². The van der Waals surface area contributed by atoms with Crippen LogP contribution in [0.5, 0.6) is 5.75 Å². The number of nitrogens with one attached hydrogen (secondary N) is 2. The van der Waals surface area contributed by atoms with Gasteiger partial charge in [0.1, 0.15) is 5.75 Å². The van der Waals surface area contributed by atoms with Crippen LogP contribution in [0.3, 0.4) is 0 Å². The van der Waals surface area contributed by atoms with E-state index in [2.05, 4.69) is 10.0 Å². The fourth-order valence-corrected chi connectivity index (χ4v) is 3.85. The first kappa shape index (κ1) is 18.4. The van der Waals surface area contributed by atoms with Crippen molar-refractivity contribution >= 4 is 44.4 Å².